The molecule has 19 heavy (non-hydrogen) atoms. The fraction of sp³-hybridized carbons (Fsp3) is 0.429. The van der Waals surface area contributed by atoms with Crippen molar-refractivity contribution in [3.63, 3.8) is 0 Å². The number of aryl methyl sites for hydroxylation is 1. The molecule has 5 nitrogen and oxygen atoms in total. The summed E-state index contributed by atoms with van der Waals surface area (Å²) in [4.78, 5) is 22.6. The highest BCUT2D eigenvalue weighted by Gasteiger charge is 2.21. The smallest absolute Gasteiger partial charge is 0.326 e. The van der Waals surface area contributed by atoms with Gasteiger partial charge in [-0.3, -0.25) is 4.79 Å². The second kappa shape index (κ2) is 7.53. The van der Waals surface area contributed by atoms with E-state index in [1.807, 2.05) is 30.3 Å². The molecule has 0 bridgehead atoms. The molecule has 0 heterocycles. The number of carbonyl (C=O) groups is 2. The van der Waals surface area contributed by atoms with E-state index >= 15 is 0 Å². The standard InChI is InChI=1S/C14H20N2O3/c1-2-12(14(18)19)16-13(17)11(15)9-8-10-6-4-3-5-7-10/h3-7,11-12H,2,8-9,15H2,1H3,(H,16,17)(H,18,19)/t11-,12-/m0/s1. The first-order valence-electron chi connectivity index (χ1n) is 6.37. The van der Waals surface area contributed by atoms with Gasteiger partial charge in [0.2, 0.25) is 5.91 Å². The number of carboxylic acid groups (broad SMARTS) is 1. The summed E-state index contributed by atoms with van der Waals surface area (Å²) in [6.07, 6.45) is 1.53. The maximum atomic E-state index is 11.7. The molecule has 1 rings (SSSR count). The lowest BCUT2D eigenvalue weighted by Crippen LogP contribution is -2.48. The molecule has 104 valence electrons. The van der Waals surface area contributed by atoms with E-state index in [0.29, 0.717) is 19.3 Å². The van der Waals surface area contributed by atoms with Crippen LogP contribution >= 0.6 is 0 Å². The Morgan fingerprint density at radius 3 is 2.47 bits per heavy atom. The third kappa shape index (κ3) is 5.09. The first-order valence-corrected chi connectivity index (χ1v) is 6.37. The number of hydrogen-bond acceptors (Lipinski definition) is 3. The number of carbonyl (C=O) groups excluding carboxylic acids is 1. The van der Waals surface area contributed by atoms with Crippen LogP contribution in [0.15, 0.2) is 30.3 Å². The zero-order chi connectivity index (χ0) is 14.3. The van der Waals surface area contributed by atoms with E-state index in [1.165, 1.54) is 0 Å². The Morgan fingerprint density at radius 2 is 1.95 bits per heavy atom. The number of nitrogens with one attached hydrogen (secondary N) is 1. The van der Waals surface area contributed by atoms with Crippen LogP contribution in [0, 0.1) is 0 Å². The van der Waals surface area contributed by atoms with Crippen LogP contribution in [0.5, 0.6) is 0 Å². The van der Waals surface area contributed by atoms with Crippen LogP contribution in [0.2, 0.25) is 0 Å². The molecule has 0 unspecified atom stereocenters. The highest BCUT2D eigenvalue weighted by Crippen LogP contribution is 2.04. The molecule has 0 aliphatic rings. The van der Waals surface area contributed by atoms with Gasteiger partial charge in [0, 0.05) is 0 Å². The lowest BCUT2D eigenvalue weighted by molar-refractivity contribution is -0.142. The predicted octanol–water partition coefficient (Wildman–Crippen LogP) is 0.926. The van der Waals surface area contributed by atoms with Crippen LogP contribution in [-0.4, -0.2) is 29.1 Å². The minimum Gasteiger partial charge on any atom is -0.480 e. The normalized spacial score (nSPS) is 13.6. The number of nitrogens with two attached hydrogens (primary N) is 1. The maximum Gasteiger partial charge on any atom is 0.326 e. The molecule has 1 amide bonds. The summed E-state index contributed by atoms with van der Waals surface area (Å²) in [5.74, 6) is -1.45. The van der Waals surface area contributed by atoms with E-state index in [0.717, 1.165) is 5.56 Å². The van der Waals surface area contributed by atoms with Crippen molar-refractivity contribution in [1.82, 2.24) is 5.32 Å². The molecule has 0 spiro atoms. The SMILES string of the molecule is CC[C@H](NC(=O)[C@@H](N)CCc1ccccc1)C(=O)O. The summed E-state index contributed by atoms with van der Waals surface area (Å²) in [6, 6.07) is 8.17. The van der Waals surface area contributed by atoms with Gasteiger partial charge in [0.1, 0.15) is 6.04 Å². The summed E-state index contributed by atoms with van der Waals surface area (Å²) in [7, 11) is 0. The molecule has 4 N–H and O–H groups in total. The highest BCUT2D eigenvalue weighted by molar-refractivity contribution is 5.86. The van der Waals surface area contributed by atoms with Gasteiger partial charge >= 0.3 is 5.97 Å². The lowest BCUT2D eigenvalue weighted by Gasteiger charge is -2.16. The van der Waals surface area contributed by atoms with Crippen LogP contribution in [0.1, 0.15) is 25.3 Å². The van der Waals surface area contributed by atoms with Crippen molar-refractivity contribution in [2.24, 2.45) is 5.73 Å². The molecular formula is C14H20N2O3. The molecule has 0 aromatic heterocycles. The second-order valence-electron chi connectivity index (χ2n) is 4.44. The van der Waals surface area contributed by atoms with Gasteiger partial charge < -0.3 is 16.2 Å². The molecule has 2 atom stereocenters. The average molecular weight is 264 g/mol. The van der Waals surface area contributed by atoms with Gasteiger partial charge in [-0.2, -0.15) is 0 Å². The number of rotatable bonds is 7. The summed E-state index contributed by atoms with van der Waals surface area (Å²) < 4.78 is 0. The number of aliphatic carboxylic acids is 1. The van der Waals surface area contributed by atoms with Gasteiger partial charge in [0.25, 0.3) is 0 Å². The highest BCUT2D eigenvalue weighted by atomic mass is 16.4. The van der Waals surface area contributed by atoms with Crippen LogP contribution < -0.4 is 11.1 Å². The van der Waals surface area contributed by atoms with Gasteiger partial charge in [-0.25, -0.2) is 4.79 Å². The summed E-state index contributed by atoms with van der Waals surface area (Å²) >= 11 is 0. The molecular weight excluding hydrogens is 244 g/mol. The van der Waals surface area contributed by atoms with Crippen LogP contribution in [0.25, 0.3) is 0 Å². The average Bonchev–Trinajstić information content (AvgIpc) is 2.42. The maximum absolute atomic E-state index is 11.7. The Kier molecular flexibility index (Phi) is 6.02. The number of amides is 1. The summed E-state index contributed by atoms with van der Waals surface area (Å²) in [5.41, 5.74) is 6.87. The first-order chi connectivity index (χ1) is 9.04. The molecule has 1 aromatic carbocycles. The second-order valence-corrected chi connectivity index (χ2v) is 4.44. The van der Waals surface area contributed by atoms with Crippen molar-refractivity contribution in [2.45, 2.75) is 38.3 Å². The van der Waals surface area contributed by atoms with Crippen molar-refractivity contribution < 1.29 is 14.7 Å². The third-order valence-corrected chi connectivity index (χ3v) is 2.95. The van der Waals surface area contributed by atoms with Gasteiger partial charge in [-0.05, 0) is 24.8 Å². The fourth-order valence-corrected chi connectivity index (χ4v) is 1.72. The Balaban J connectivity index is 2.42. The van der Waals surface area contributed by atoms with E-state index in [4.69, 9.17) is 10.8 Å². The number of carboxylic acids is 1. The zero-order valence-corrected chi connectivity index (χ0v) is 11.0. The Morgan fingerprint density at radius 1 is 1.32 bits per heavy atom. The van der Waals surface area contributed by atoms with E-state index in [2.05, 4.69) is 5.32 Å². The molecule has 1 aromatic rings. The van der Waals surface area contributed by atoms with Crippen molar-refractivity contribution in [1.29, 1.82) is 0 Å². The number of benzene rings is 1. The van der Waals surface area contributed by atoms with Gasteiger partial charge in [-0.1, -0.05) is 37.3 Å². The van der Waals surface area contributed by atoms with Crippen LogP contribution in [0.3, 0.4) is 0 Å². The summed E-state index contributed by atoms with van der Waals surface area (Å²) in [6.45, 7) is 1.70. The lowest BCUT2D eigenvalue weighted by atomic mass is 10.0. The van der Waals surface area contributed by atoms with Gasteiger partial charge in [0.05, 0.1) is 6.04 Å². The predicted molar refractivity (Wildman–Crippen MR) is 72.6 cm³/mol. The zero-order valence-electron chi connectivity index (χ0n) is 11.0. The van der Waals surface area contributed by atoms with E-state index in [9.17, 15) is 9.59 Å². The van der Waals surface area contributed by atoms with E-state index in [-0.39, 0.29) is 0 Å². The molecule has 0 aliphatic heterocycles. The van der Waals surface area contributed by atoms with E-state index < -0.39 is 24.0 Å². The molecule has 0 radical (unpaired) electrons. The van der Waals surface area contributed by atoms with Crippen molar-refractivity contribution in [3.05, 3.63) is 35.9 Å². The van der Waals surface area contributed by atoms with Crippen molar-refractivity contribution in [3.8, 4) is 0 Å². The summed E-state index contributed by atoms with van der Waals surface area (Å²) in [5, 5.41) is 11.3. The Bertz CT molecular complexity index is 420. The van der Waals surface area contributed by atoms with E-state index in [1.54, 1.807) is 6.92 Å². The van der Waals surface area contributed by atoms with Crippen LogP contribution in [-0.2, 0) is 16.0 Å². The topological polar surface area (TPSA) is 92.4 Å². The monoisotopic (exact) mass is 264 g/mol. The number of hydrogen-bond donors (Lipinski definition) is 3. The quantitative estimate of drug-likeness (QED) is 0.683. The van der Waals surface area contributed by atoms with Crippen molar-refractivity contribution in [2.75, 3.05) is 0 Å². The molecule has 0 saturated heterocycles. The minimum absolute atomic E-state index is 0.340. The van der Waals surface area contributed by atoms with Crippen LogP contribution in [0.4, 0.5) is 0 Å². The minimum atomic E-state index is -1.04. The molecule has 0 fully saturated rings. The van der Waals surface area contributed by atoms with Gasteiger partial charge in [0.15, 0.2) is 0 Å². The molecule has 5 heteroatoms. The first kappa shape index (κ1) is 15.2. The molecule has 0 saturated carbocycles. The fourth-order valence-electron chi connectivity index (χ4n) is 1.72. The Labute approximate surface area is 112 Å². The largest absolute Gasteiger partial charge is 0.480 e. The van der Waals surface area contributed by atoms with Crippen molar-refractivity contribution >= 4 is 11.9 Å². The Hall–Kier alpha value is -1.88. The molecule has 0 aliphatic carbocycles. The third-order valence-electron chi connectivity index (χ3n) is 2.95. The van der Waals surface area contributed by atoms with Gasteiger partial charge in [-0.15, -0.1) is 0 Å².